The first-order valence-electron chi connectivity index (χ1n) is 12.3. The van der Waals surface area contributed by atoms with E-state index in [0.717, 1.165) is 11.1 Å². The summed E-state index contributed by atoms with van der Waals surface area (Å²) in [5, 5.41) is 44.5. The van der Waals surface area contributed by atoms with Crippen LogP contribution in [0.3, 0.4) is 0 Å². The second kappa shape index (κ2) is 15.0. The number of nitrogens with zero attached hydrogens (tertiary/aromatic N) is 3. The number of hydrogen-bond acceptors (Lipinski definition) is 4. The molecular formula is C26H38Cl2N10. The van der Waals surface area contributed by atoms with Crippen molar-refractivity contribution in [2.75, 3.05) is 13.6 Å². The molecule has 7 N–H and O–H groups in total. The van der Waals surface area contributed by atoms with Gasteiger partial charge in [0, 0.05) is 42.3 Å². The van der Waals surface area contributed by atoms with Crippen LogP contribution in [0, 0.1) is 16.2 Å². The van der Waals surface area contributed by atoms with E-state index in [0.29, 0.717) is 29.6 Å². The quantitative estimate of drug-likeness (QED) is 0.146. The molecule has 0 fully saturated rings. The summed E-state index contributed by atoms with van der Waals surface area (Å²) in [5.74, 6) is 0.263. The van der Waals surface area contributed by atoms with Gasteiger partial charge in [-0.15, -0.1) is 5.10 Å². The van der Waals surface area contributed by atoms with Crippen molar-refractivity contribution in [3.63, 3.8) is 0 Å². The van der Waals surface area contributed by atoms with Crippen molar-refractivity contribution >= 4 is 47.0 Å². The SMILES string of the molecule is CC(C)NC(=N)NC(=N)N(CCc1ccccc1Cl)/N=C(\NC(=N)N(C)Cc1ccccc1Cl)NC(C)C. The van der Waals surface area contributed by atoms with E-state index in [2.05, 4.69) is 26.4 Å². The molecule has 0 saturated heterocycles. The van der Waals surface area contributed by atoms with Crippen molar-refractivity contribution < 1.29 is 0 Å². The summed E-state index contributed by atoms with van der Waals surface area (Å²) in [6.45, 7) is 8.45. The Labute approximate surface area is 235 Å². The third-order valence-electron chi connectivity index (χ3n) is 5.12. The molecule has 0 aliphatic rings. The van der Waals surface area contributed by atoms with Gasteiger partial charge in [0.15, 0.2) is 11.9 Å². The van der Waals surface area contributed by atoms with Gasteiger partial charge in [-0.2, -0.15) is 0 Å². The van der Waals surface area contributed by atoms with Gasteiger partial charge in [0.2, 0.25) is 11.9 Å². The van der Waals surface area contributed by atoms with Crippen molar-refractivity contribution in [1.29, 1.82) is 16.2 Å². The molecule has 0 unspecified atom stereocenters. The molecule has 0 aliphatic heterocycles. The molecule has 0 bridgehead atoms. The maximum absolute atomic E-state index is 8.61. The molecule has 0 aliphatic carbocycles. The van der Waals surface area contributed by atoms with Gasteiger partial charge in [-0.1, -0.05) is 59.6 Å². The Morgan fingerprint density at radius 1 is 0.816 bits per heavy atom. The second-order valence-corrected chi connectivity index (χ2v) is 10.1. The van der Waals surface area contributed by atoms with Gasteiger partial charge in [0.1, 0.15) is 0 Å². The smallest absolute Gasteiger partial charge is 0.221 e. The Bertz CT molecular complexity index is 1130. The molecule has 2 aromatic carbocycles. The van der Waals surface area contributed by atoms with Crippen LogP contribution in [-0.2, 0) is 13.0 Å². The Kier molecular flexibility index (Phi) is 12.2. The van der Waals surface area contributed by atoms with E-state index >= 15 is 0 Å². The minimum Gasteiger partial charge on any atom is -0.354 e. The van der Waals surface area contributed by atoms with E-state index in [1.807, 2.05) is 76.2 Å². The summed E-state index contributed by atoms with van der Waals surface area (Å²) in [6, 6.07) is 15.0. The second-order valence-electron chi connectivity index (χ2n) is 9.28. The summed E-state index contributed by atoms with van der Waals surface area (Å²) in [5.41, 5.74) is 1.80. The zero-order valence-corrected chi connectivity index (χ0v) is 24.0. The van der Waals surface area contributed by atoms with E-state index in [1.165, 1.54) is 5.01 Å². The molecule has 2 aromatic rings. The molecule has 0 atom stereocenters. The monoisotopic (exact) mass is 560 g/mol. The highest BCUT2D eigenvalue weighted by atomic mass is 35.5. The Morgan fingerprint density at radius 2 is 1.37 bits per heavy atom. The third-order valence-corrected chi connectivity index (χ3v) is 5.85. The van der Waals surface area contributed by atoms with Gasteiger partial charge in [-0.3, -0.25) is 26.9 Å². The minimum atomic E-state index is -0.101. The number of hydrogen-bond donors (Lipinski definition) is 7. The summed E-state index contributed by atoms with van der Waals surface area (Å²) >= 11 is 12.6. The molecule has 0 amide bonds. The average Bonchev–Trinajstić information content (AvgIpc) is 2.82. The molecular weight excluding hydrogens is 523 g/mol. The first-order valence-corrected chi connectivity index (χ1v) is 13.1. The van der Waals surface area contributed by atoms with Crippen LogP contribution in [0.25, 0.3) is 0 Å². The number of benzene rings is 2. The van der Waals surface area contributed by atoms with Gasteiger partial charge in [0.25, 0.3) is 0 Å². The Balaban J connectivity index is 2.26. The number of nitrogens with one attached hydrogen (secondary N) is 7. The maximum Gasteiger partial charge on any atom is 0.221 e. The maximum atomic E-state index is 8.61. The summed E-state index contributed by atoms with van der Waals surface area (Å²) < 4.78 is 0. The van der Waals surface area contributed by atoms with E-state index < -0.39 is 0 Å². The molecule has 0 spiro atoms. The number of hydrazone groups is 1. The van der Waals surface area contributed by atoms with Gasteiger partial charge in [-0.05, 0) is 57.4 Å². The van der Waals surface area contributed by atoms with Crippen molar-refractivity contribution in [1.82, 2.24) is 31.2 Å². The average molecular weight is 562 g/mol. The first-order chi connectivity index (χ1) is 18.0. The van der Waals surface area contributed by atoms with Crippen LogP contribution in [0.5, 0.6) is 0 Å². The lowest BCUT2D eigenvalue weighted by atomic mass is 10.1. The zero-order chi connectivity index (χ0) is 28.2. The van der Waals surface area contributed by atoms with Crippen molar-refractivity contribution in [2.45, 2.75) is 52.7 Å². The predicted octanol–water partition coefficient (Wildman–Crippen LogP) is 4.22. The lowest BCUT2D eigenvalue weighted by molar-refractivity contribution is 0.427. The van der Waals surface area contributed by atoms with E-state index in [1.54, 1.807) is 11.9 Å². The van der Waals surface area contributed by atoms with Crippen LogP contribution in [0.1, 0.15) is 38.8 Å². The topological polar surface area (TPSA) is 139 Å². The fourth-order valence-corrected chi connectivity index (χ4v) is 3.73. The van der Waals surface area contributed by atoms with Crippen LogP contribution in [-0.4, -0.2) is 59.4 Å². The minimum absolute atomic E-state index is 0.00334. The van der Waals surface area contributed by atoms with Crippen molar-refractivity contribution in [3.8, 4) is 0 Å². The molecule has 206 valence electrons. The van der Waals surface area contributed by atoms with Crippen LogP contribution in [0.4, 0.5) is 0 Å². The molecule has 10 nitrogen and oxygen atoms in total. The molecule has 38 heavy (non-hydrogen) atoms. The normalized spacial score (nSPS) is 11.2. The number of halogens is 2. The van der Waals surface area contributed by atoms with Crippen LogP contribution in [0.2, 0.25) is 10.0 Å². The summed E-state index contributed by atoms with van der Waals surface area (Å²) in [7, 11) is 1.78. The lowest BCUT2D eigenvalue weighted by Crippen LogP contribution is -2.52. The molecule has 2 rings (SSSR count). The zero-order valence-electron chi connectivity index (χ0n) is 22.5. The Hall–Kier alpha value is -3.50. The fraction of sp³-hybridized carbons (Fsp3) is 0.385. The molecule has 12 heteroatoms. The van der Waals surface area contributed by atoms with Gasteiger partial charge >= 0.3 is 0 Å². The van der Waals surface area contributed by atoms with Gasteiger partial charge in [0.05, 0.1) is 0 Å². The van der Waals surface area contributed by atoms with E-state index in [4.69, 9.17) is 39.4 Å². The van der Waals surface area contributed by atoms with E-state index in [9.17, 15) is 0 Å². The number of rotatable bonds is 8. The van der Waals surface area contributed by atoms with Crippen LogP contribution < -0.4 is 21.3 Å². The standard InChI is InChI=1S/C26H38Cl2N10/c1-17(2)32-23(29)34-25(31)38(15-14-19-10-6-8-12-21(19)27)36-26(33-18(3)4)35-24(30)37(5)16-20-11-7-9-13-22(20)28/h6-13,17-18H,14-16H2,1-5H3,(H4,29,31,32,34)(H3,30,33,35,36). The van der Waals surface area contributed by atoms with Crippen molar-refractivity contribution in [2.24, 2.45) is 5.10 Å². The third kappa shape index (κ3) is 10.5. The predicted molar refractivity (Wildman–Crippen MR) is 158 cm³/mol. The highest BCUT2D eigenvalue weighted by Crippen LogP contribution is 2.17. The van der Waals surface area contributed by atoms with Crippen LogP contribution >= 0.6 is 23.2 Å². The van der Waals surface area contributed by atoms with E-state index in [-0.39, 0.29) is 35.9 Å². The number of guanidine groups is 4. The Morgan fingerprint density at radius 3 is 1.92 bits per heavy atom. The summed E-state index contributed by atoms with van der Waals surface area (Å²) in [4.78, 5) is 1.71. The molecule has 0 heterocycles. The van der Waals surface area contributed by atoms with Gasteiger partial charge < -0.3 is 15.5 Å². The molecule has 0 radical (unpaired) electrons. The molecule has 0 saturated carbocycles. The van der Waals surface area contributed by atoms with Crippen molar-refractivity contribution in [3.05, 3.63) is 69.7 Å². The highest BCUT2D eigenvalue weighted by Gasteiger charge is 2.16. The molecule has 0 aromatic heterocycles. The fourth-order valence-electron chi connectivity index (χ4n) is 3.30. The highest BCUT2D eigenvalue weighted by molar-refractivity contribution is 6.31. The van der Waals surface area contributed by atoms with Gasteiger partial charge in [-0.25, -0.2) is 5.01 Å². The summed E-state index contributed by atoms with van der Waals surface area (Å²) in [6.07, 6.45) is 0.511. The largest absolute Gasteiger partial charge is 0.354 e. The van der Waals surface area contributed by atoms with Crippen LogP contribution in [0.15, 0.2) is 53.6 Å². The first kappa shape index (κ1) is 30.7. The lowest BCUT2D eigenvalue weighted by Gasteiger charge is -2.26.